The first kappa shape index (κ1) is 21.1. The molecule has 1 N–H and O–H groups in total. The van der Waals surface area contributed by atoms with E-state index in [0.717, 1.165) is 12.8 Å². The second-order valence-corrected chi connectivity index (χ2v) is 9.06. The van der Waals surface area contributed by atoms with Crippen molar-refractivity contribution in [1.82, 2.24) is 0 Å². The molecule has 0 aromatic heterocycles. The largest absolute Gasteiger partial charge is 0.458 e. The lowest BCUT2D eigenvalue weighted by Gasteiger charge is -2.31. The Bertz CT molecular complexity index is 681. The smallest absolute Gasteiger partial charge is 0.334 e. The molecule has 2 fully saturated rings. The summed E-state index contributed by atoms with van der Waals surface area (Å²) in [6.45, 7) is 11.1. The Balaban J connectivity index is 1.89. The predicted molar refractivity (Wildman–Crippen MR) is 103 cm³/mol. The van der Waals surface area contributed by atoms with Crippen molar-refractivity contribution in [3.63, 3.8) is 0 Å². The molecule has 7 unspecified atom stereocenters. The lowest BCUT2D eigenvalue weighted by molar-refractivity contribution is -0.165. The molecule has 0 bridgehead atoms. The number of hydrogen-bond acceptors (Lipinski definition) is 6. The fourth-order valence-corrected chi connectivity index (χ4v) is 4.48. The summed E-state index contributed by atoms with van der Waals surface area (Å²) in [5.74, 6) is -1.08. The molecule has 0 aromatic rings. The maximum absolute atomic E-state index is 12.3. The summed E-state index contributed by atoms with van der Waals surface area (Å²) in [5, 5.41) is 10.6. The number of ether oxygens (including phenoxy) is 3. The van der Waals surface area contributed by atoms with E-state index in [4.69, 9.17) is 14.2 Å². The number of fused-ring (bicyclic) bond motifs is 2. The summed E-state index contributed by atoms with van der Waals surface area (Å²) in [6.07, 6.45) is 6.10. The lowest BCUT2D eigenvalue weighted by atomic mass is 9.81. The number of hydrogen-bond donors (Lipinski definition) is 1. The van der Waals surface area contributed by atoms with Crippen LogP contribution < -0.4 is 0 Å². The normalized spacial score (nSPS) is 44.1. The molecule has 2 saturated heterocycles. The molecule has 3 rings (SSSR count). The molecule has 0 saturated carbocycles. The number of epoxide rings is 1. The van der Waals surface area contributed by atoms with Crippen molar-refractivity contribution in [2.75, 3.05) is 0 Å². The van der Waals surface area contributed by atoms with Gasteiger partial charge in [0.1, 0.15) is 12.2 Å². The van der Waals surface area contributed by atoms with E-state index in [1.54, 1.807) is 6.92 Å². The zero-order chi connectivity index (χ0) is 20.7. The molecule has 2 aliphatic heterocycles. The lowest BCUT2D eigenvalue weighted by Crippen LogP contribution is -2.40. The third kappa shape index (κ3) is 4.49. The zero-order valence-electron chi connectivity index (χ0n) is 17.3. The van der Waals surface area contributed by atoms with Gasteiger partial charge in [-0.05, 0) is 51.9 Å². The number of aliphatic hydroxyl groups is 1. The molecule has 28 heavy (non-hydrogen) atoms. The number of carbonyl (C=O) groups excluding carboxylic acids is 2. The van der Waals surface area contributed by atoms with Crippen molar-refractivity contribution in [3.8, 4) is 0 Å². The monoisotopic (exact) mass is 392 g/mol. The SMILES string of the molecule is C=C1C(=O)OC2C1CC1OC1(C)CC=CC(C)(O)CCCC(C)C2OC(C)=O. The van der Waals surface area contributed by atoms with Crippen LogP contribution in [0.25, 0.3) is 0 Å². The van der Waals surface area contributed by atoms with Gasteiger partial charge in [-0.25, -0.2) is 4.79 Å². The molecule has 7 atom stereocenters. The van der Waals surface area contributed by atoms with Gasteiger partial charge >= 0.3 is 11.9 Å². The third-order valence-electron chi connectivity index (χ3n) is 6.38. The molecule has 2 heterocycles. The number of esters is 2. The van der Waals surface area contributed by atoms with E-state index in [-0.39, 0.29) is 23.5 Å². The topological polar surface area (TPSA) is 85.4 Å². The van der Waals surface area contributed by atoms with E-state index in [1.807, 2.05) is 26.0 Å². The minimum atomic E-state index is -0.891. The van der Waals surface area contributed by atoms with Crippen LogP contribution in [0.15, 0.2) is 24.3 Å². The zero-order valence-corrected chi connectivity index (χ0v) is 17.3. The molecule has 3 aliphatic rings. The van der Waals surface area contributed by atoms with Gasteiger partial charge in [0.2, 0.25) is 0 Å². The van der Waals surface area contributed by atoms with Crippen LogP contribution in [0.4, 0.5) is 0 Å². The van der Waals surface area contributed by atoms with Gasteiger partial charge in [-0.15, -0.1) is 0 Å². The van der Waals surface area contributed by atoms with E-state index in [0.29, 0.717) is 24.8 Å². The Morgan fingerprint density at radius 3 is 2.79 bits per heavy atom. The van der Waals surface area contributed by atoms with E-state index < -0.39 is 29.7 Å². The van der Waals surface area contributed by atoms with Crippen molar-refractivity contribution in [2.24, 2.45) is 11.8 Å². The van der Waals surface area contributed by atoms with Crippen LogP contribution in [0.5, 0.6) is 0 Å². The van der Waals surface area contributed by atoms with Gasteiger partial charge in [-0.3, -0.25) is 4.79 Å². The summed E-state index contributed by atoms with van der Waals surface area (Å²) < 4.78 is 17.2. The molecule has 0 spiro atoms. The van der Waals surface area contributed by atoms with Crippen LogP contribution in [0, 0.1) is 11.8 Å². The van der Waals surface area contributed by atoms with Gasteiger partial charge in [0.15, 0.2) is 0 Å². The fourth-order valence-electron chi connectivity index (χ4n) is 4.48. The van der Waals surface area contributed by atoms with Gasteiger partial charge in [-0.2, -0.15) is 0 Å². The van der Waals surface area contributed by atoms with Crippen molar-refractivity contribution >= 4 is 11.9 Å². The molecule has 6 nitrogen and oxygen atoms in total. The van der Waals surface area contributed by atoms with Gasteiger partial charge in [0.25, 0.3) is 0 Å². The van der Waals surface area contributed by atoms with Crippen LogP contribution in [-0.4, -0.2) is 46.6 Å². The summed E-state index contributed by atoms with van der Waals surface area (Å²) in [5.41, 5.74) is -0.786. The highest BCUT2D eigenvalue weighted by Crippen LogP contribution is 2.47. The van der Waals surface area contributed by atoms with E-state index >= 15 is 0 Å². The predicted octanol–water partition coefficient (Wildman–Crippen LogP) is 3.08. The minimum Gasteiger partial charge on any atom is -0.458 e. The van der Waals surface area contributed by atoms with Crippen LogP contribution in [0.3, 0.4) is 0 Å². The van der Waals surface area contributed by atoms with Crippen molar-refractivity contribution in [1.29, 1.82) is 0 Å². The van der Waals surface area contributed by atoms with Crippen LogP contribution in [-0.2, 0) is 23.8 Å². The summed E-state index contributed by atoms with van der Waals surface area (Å²) in [7, 11) is 0. The van der Waals surface area contributed by atoms with Gasteiger partial charge in [-0.1, -0.05) is 25.7 Å². The first-order valence-corrected chi connectivity index (χ1v) is 10.2. The Labute approximate surface area is 166 Å². The average Bonchev–Trinajstić information content (AvgIpc) is 3.13. The highest BCUT2D eigenvalue weighted by Gasteiger charge is 2.56. The molecule has 156 valence electrons. The van der Waals surface area contributed by atoms with Gasteiger partial charge in [0, 0.05) is 18.4 Å². The van der Waals surface area contributed by atoms with Crippen molar-refractivity contribution < 1.29 is 28.9 Å². The van der Waals surface area contributed by atoms with E-state index in [2.05, 4.69) is 6.58 Å². The second-order valence-electron chi connectivity index (χ2n) is 9.06. The molecule has 6 heteroatoms. The number of rotatable bonds is 1. The average molecular weight is 392 g/mol. The quantitative estimate of drug-likeness (QED) is 0.319. The minimum absolute atomic E-state index is 0.0238. The Morgan fingerprint density at radius 2 is 2.11 bits per heavy atom. The third-order valence-corrected chi connectivity index (χ3v) is 6.38. The van der Waals surface area contributed by atoms with Gasteiger partial charge < -0.3 is 19.3 Å². The molecular weight excluding hydrogens is 360 g/mol. The van der Waals surface area contributed by atoms with Crippen LogP contribution >= 0.6 is 0 Å². The summed E-state index contributed by atoms with van der Waals surface area (Å²) in [6, 6.07) is 0. The Morgan fingerprint density at radius 1 is 1.39 bits per heavy atom. The fraction of sp³-hybridized carbons (Fsp3) is 0.727. The Kier molecular flexibility index (Phi) is 5.74. The van der Waals surface area contributed by atoms with Crippen LogP contribution in [0.1, 0.15) is 59.8 Å². The first-order valence-electron chi connectivity index (χ1n) is 10.2. The van der Waals surface area contributed by atoms with Gasteiger partial charge in [0.05, 0.1) is 17.3 Å². The number of carbonyl (C=O) groups is 2. The van der Waals surface area contributed by atoms with E-state index in [9.17, 15) is 14.7 Å². The van der Waals surface area contributed by atoms with Crippen molar-refractivity contribution in [3.05, 3.63) is 24.3 Å². The molecule has 0 radical (unpaired) electrons. The second kappa shape index (κ2) is 7.64. The van der Waals surface area contributed by atoms with E-state index in [1.165, 1.54) is 6.92 Å². The van der Waals surface area contributed by atoms with Crippen LogP contribution in [0.2, 0.25) is 0 Å². The first-order chi connectivity index (χ1) is 13.0. The highest BCUT2D eigenvalue weighted by molar-refractivity contribution is 5.91. The Hall–Kier alpha value is -1.66. The maximum Gasteiger partial charge on any atom is 0.334 e. The molecule has 0 amide bonds. The molecule has 0 aromatic carbocycles. The summed E-state index contributed by atoms with van der Waals surface area (Å²) in [4.78, 5) is 24.0. The van der Waals surface area contributed by atoms with Crippen molar-refractivity contribution in [2.45, 2.75) is 89.3 Å². The maximum atomic E-state index is 12.3. The standard InChI is InChI=1S/C22H32O6/c1-13-8-6-9-21(4,25)10-7-11-22(5)17(28-22)12-16-14(2)20(24)27-19(16)18(13)26-15(3)23/h7,10,13,16-19,25H,2,6,8-9,11-12H2,1,3-5H3. The summed E-state index contributed by atoms with van der Waals surface area (Å²) >= 11 is 0. The molecule has 1 aliphatic carbocycles. The highest BCUT2D eigenvalue weighted by atomic mass is 16.6. The molecular formula is C22H32O6.